The Hall–Kier alpha value is -4.31. The second kappa shape index (κ2) is 8.17. The lowest BCUT2D eigenvalue weighted by Crippen LogP contribution is -2.31. The van der Waals surface area contributed by atoms with Gasteiger partial charge in [0.2, 0.25) is 0 Å². The maximum absolute atomic E-state index is 12.3. The van der Waals surface area contributed by atoms with Gasteiger partial charge in [-0.15, -0.1) is 0 Å². The molecule has 0 aromatic heterocycles. The van der Waals surface area contributed by atoms with Gasteiger partial charge in [0.1, 0.15) is 29.1 Å². The molecule has 0 saturated heterocycles. The van der Waals surface area contributed by atoms with Gasteiger partial charge in [0.05, 0.1) is 19.6 Å². The molecule has 3 atom stereocenters. The summed E-state index contributed by atoms with van der Waals surface area (Å²) in [6, 6.07) is 7.86. The van der Waals surface area contributed by atoms with Crippen LogP contribution in [0.4, 0.5) is 0 Å². The first-order valence-electron chi connectivity index (χ1n) is 10.7. The molecule has 3 aromatic rings. The van der Waals surface area contributed by atoms with Crippen molar-refractivity contribution in [1.82, 2.24) is 0 Å². The van der Waals surface area contributed by atoms with Crippen LogP contribution in [0.1, 0.15) is 40.7 Å². The number of rotatable bonds is 3. The van der Waals surface area contributed by atoms with E-state index < -0.39 is 41.3 Å². The maximum Gasteiger partial charge on any atom is 0.306 e. The van der Waals surface area contributed by atoms with Gasteiger partial charge < -0.3 is 44.8 Å². The summed E-state index contributed by atoms with van der Waals surface area (Å²) in [6.07, 6.45) is -2.27. The van der Waals surface area contributed by atoms with Gasteiger partial charge in [-0.25, -0.2) is 0 Å². The lowest BCUT2D eigenvalue weighted by Gasteiger charge is -2.36. The van der Waals surface area contributed by atoms with Crippen molar-refractivity contribution in [2.75, 3.05) is 7.11 Å². The SMILES string of the molecule is COC(=O)C[C@H]1c2cc(O)c(O)cc2Oc2cc(O)c3c(c21)O[C@H](c1ccc(O)c(O)c1)[C@H](O)C3. The third-order valence-electron chi connectivity index (χ3n) is 6.35. The lowest BCUT2D eigenvalue weighted by atomic mass is 9.81. The number of phenolic OH excluding ortho intramolecular Hbond substituents is 5. The van der Waals surface area contributed by atoms with Gasteiger partial charge in [0.15, 0.2) is 23.0 Å². The second-order valence-corrected chi connectivity index (χ2v) is 8.49. The highest BCUT2D eigenvalue weighted by atomic mass is 16.5. The zero-order valence-electron chi connectivity index (χ0n) is 18.4. The van der Waals surface area contributed by atoms with E-state index >= 15 is 0 Å². The molecule has 0 amide bonds. The molecular formula is C25H22O10. The summed E-state index contributed by atoms with van der Waals surface area (Å²) in [7, 11) is 1.24. The smallest absolute Gasteiger partial charge is 0.306 e. The minimum Gasteiger partial charge on any atom is -0.507 e. The predicted octanol–water partition coefficient (Wildman–Crippen LogP) is 3.05. The molecule has 6 N–H and O–H groups in total. The van der Waals surface area contributed by atoms with E-state index in [0.717, 1.165) is 0 Å². The number of aliphatic hydroxyl groups excluding tert-OH is 1. The van der Waals surface area contributed by atoms with Gasteiger partial charge in [-0.05, 0) is 23.8 Å². The van der Waals surface area contributed by atoms with Crippen molar-refractivity contribution in [1.29, 1.82) is 0 Å². The summed E-state index contributed by atoms with van der Waals surface area (Å²) in [5.41, 5.74) is 1.44. The van der Waals surface area contributed by atoms with E-state index in [-0.39, 0.29) is 41.6 Å². The maximum atomic E-state index is 12.3. The molecule has 0 saturated carbocycles. The molecule has 3 aromatic carbocycles. The fraction of sp³-hybridized carbons (Fsp3) is 0.240. The number of aromatic hydroxyl groups is 5. The van der Waals surface area contributed by atoms with Crippen LogP contribution in [0, 0.1) is 0 Å². The molecular weight excluding hydrogens is 460 g/mol. The van der Waals surface area contributed by atoms with E-state index in [2.05, 4.69) is 0 Å². The first-order chi connectivity index (χ1) is 16.7. The molecule has 35 heavy (non-hydrogen) atoms. The molecule has 2 aliphatic rings. The number of hydrogen-bond donors (Lipinski definition) is 6. The Morgan fingerprint density at radius 2 is 1.63 bits per heavy atom. The van der Waals surface area contributed by atoms with Crippen LogP contribution in [-0.2, 0) is 16.0 Å². The predicted molar refractivity (Wildman–Crippen MR) is 119 cm³/mol. The fourth-order valence-corrected chi connectivity index (χ4v) is 4.63. The Bertz CT molecular complexity index is 1350. The molecule has 2 heterocycles. The highest BCUT2D eigenvalue weighted by Crippen LogP contribution is 2.56. The summed E-state index contributed by atoms with van der Waals surface area (Å²) in [6.45, 7) is 0. The van der Waals surface area contributed by atoms with Crippen molar-refractivity contribution in [3.63, 3.8) is 0 Å². The number of aliphatic hydroxyl groups is 1. The Morgan fingerprint density at radius 1 is 0.943 bits per heavy atom. The topological polar surface area (TPSA) is 166 Å². The van der Waals surface area contributed by atoms with Crippen molar-refractivity contribution in [2.24, 2.45) is 0 Å². The summed E-state index contributed by atoms with van der Waals surface area (Å²) < 4.78 is 16.9. The van der Waals surface area contributed by atoms with Gasteiger partial charge in [-0.3, -0.25) is 4.79 Å². The van der Waals surface area contributed by atoms with Crippen LogP contribution in [0.2, 0.25) is 0 Å². The third kappa shape index (κ3) is 3.68. The van der Waals surface area contributed by atoms with E-state index in [9.17, 15) is 35.4 Å². The number of ether oxygens (including phenoxy) is 3. The van der Waals surface area contributed by atoms with Crippen molar-refractivity contribution < 1.29 is 49.6 Å². The van der Waals surface area contributed by atoms with Crippen LogP contribution >= 0.6 is 0 Å². The van der Waals surface area contributed by atoms with Crippen molar-refractivity contribution in [3.05, 3.63) is 58.7 Å². The third-order valence-corrected chi connectivity index (χ3v) is 6.35. The quantitative estimate of drug-likeness (QED) is 0.241. The van der Waals surface area contributed by atoms with Crippen LogP contribution in [0.3, 0.4) is 0 Å². The largest absolute Gasteiger partial charge is 0.507 e. The minimum atomic E-state index is -1.10. The summed E-state index contributed by atoms with van der Waals surface area (Å²) in [4.78, 5) is 12.3. The highest BCUT2D eigenvalue weighted by molar-refractivity contribution is 5.75. The molecule has 0 unspecified atom stereocenters. The monoisotopic (exact) mass is 482 g/mol. The Morgan fingerprint density at radius 3 is 2.34 bits per heavy atom. The van der Waals surface area contributed by atoms with E-state index in [1.54, 1.807) is 0 Å². The molecule has 0 aliphatic carbocycles. The zero-order valence-corrected chi connectivity index (χ0v) is 18.4. The standard InChI is InChI=1S/C25H22O10/c1-33-22(32)7-12-11-5-17(29)18(30)9-20(11)34-21-8-15(27)13-6-19(31)24(35-25(13)23(12)21)10-2-3-14(26)16(28)4-10/h2-5,8-9,12,19,24,26-31H,6-7H2,1H3/t12-,19+,24+/m0/s1. The number of fused-ring (bicyclic) bond motifs is 4. The normalized spacial score (nSPS) is 20.0. The minimum absolute atomic E-state index is 0.0145. The number of esters is 1. The molecule has 10 nitrogen and oxygen atoms in total. The first-order valence-corrected chi connectivity index (χ1v) is 10.7. The van der Waals surface area contributed by atoms with E-state index in [0.29, 0.717) is 22.3 Å². The number of benzene rings is 3. The van der Waals surface area contributed by atoms with Crippen LogP contribution in [-0.4, -0.2) is 49.8 Å². The van der Waals surface area contributed by atoms with Crippen LogP contribution < -0.4 is 9.47 Å². The average Bonchev–Trinajstić information content (AvgIpc) is 2.82. The number of phenols is 5. The Kier molecular flexibility index (Phi) is 5.25. The van der Waals surface area contributed by atoms with E-state index in [1.807, 2.05) is 0 Å². The Labute approximate surface area is 198 Å². The molecule has 10 heteroatoms. The molecule has 0 spiro atoms. The molecule has 182 valence electrons. The summed E-state index contributed by atoms with van der Waals surface area (Å²) in [5, 5.41) is 61.1. The Balaban J connectivity index is 1.68. The number of carbonyl (C=O) groups excluding carboxylic acids is 1. The van der Waals surface area contributed by atoms with Crippen molar-refractivity contribution in [3.8, 4) is 46.0 Å². The number of carbonyl (C=O) groups is 1. The average molecular weight is 482 g/mol. The van der Waals surface area contributed by atoms with Gasteiger partial charge in [0.25, 0.3) is 0 Å². The van der Waals surface area contributed by atoms with E-state index in [1.165, 1.54) is 43.5 Å². The van der Waals surface area contributed by atoms with Crippen LogP contribution in [0.25, 0.3) is 0 Å². The van der Waals surface area contributed by atoms with Gasteiger partial charge >= 0.3 is 5.97 Å². The molecule has 0 bridgehead atoms. The number of methoxy groups -OCH3 is 1. The van der Waals surface area contributed by atoms with Crippen molar-refractivity contribution in [2.45, 2.75) is 31.0 Å². The first kappa shape index (κ1) is 22.5. The summed E-state index contributed by atoms with van der Waals surface area (Å²) in [5.74, 6) is -2.54. The van der Waals surface area contributed by atoms with Gasteiger partial charge in [-0.2, -0.15) is 0 Å². The molecule has 5 rings (SSSR count). The summed E-state index contributed by atoms with van der Waals surface area (Å²) >= 11 is 0. The van der Waals surface area contributed by atoms with Crippen LogP contribution in [0.15, 0.2) is 36.4 Å². The van der Waals surface area contributed by atoms with Crippen molar-refractivity contribution >= 4 is 5.97 Å². The molecule has 0 fully saturated rings. The number of hydrogen-bond acceptors (Lipinski definition) is 10. The molecule has 2 aliphatic heterocycles. The van der Waals surface area contributed by atoms with E-state index in [4.69, 9.17) is 14.2 Å². The van der Waals surface area contributed by atoms with Crippen LogP contribution in [0.5, 0.6) is 46.0 Å². The highest BCUT2D eigenvalue weighted by Gasteiger charge is 2.40. The zero-order chi connectivity index (χ0) is 25.0. The lowest BCUT2D eigenvalue weighted by molar-refractivity contribution is -0.140. The van der Waals surface area contributed by atoms with Gasteiger partial charge in [0, 0.05) is 41.2 Å². The molecule has 0 radical (unpaired) electrons. The fourth-order valence-electron chi connectivity index (χ4n) is 4.63. The second-order valence-electron chi connectivity index (χ2n) is 8.49. The van der Waals surface area contributed by atoms with Gasteiger partial charge in [-0.1, -0.05) is 6.07 Å².